The lowest BCUT2D eigenvalue weighted by Gasteiger charge is -2.45. The Labute approximate surface area is 159 Å². The molecule has 4 nitrogen and oxygen atoms in total. The second-order valence-electron chi connectivity index (χ2n) is 8.95. The lowest BCUT2D eigenvalue weighted by molar-refractivity contribution is -0.130. The van der Waals surface area contributed by atoms with Crippen molar-refractivity contribution in [3.05, 3.63) is 52.4 Å². The van der Waals surface area contributed by atoms with E-state index in [0.717, 1.165) is 11.8 Å². The topological polar surface area (TPSA) is 56.5 Å². The SMILES string of the molecule is CC1=CC[C@@H](COc2ccc3ccc(=O)oc3c2)[C@]2(C)C(=O)CC(C)(C)[C@H]12. The molecule has 1 aromatic carbocycles. The van der Waals surface area contributed by atoms with Crippen molar-refractivity contribution in [2.45, 2.75) is 40.5 Å². The van der Waals surface area contributed by atoms with Crippen molar-refractivity contribution in [1.29, 1.82) is 0 Å². The Balaban J connectivity index is 1.60. The maximum absolute atomic E-state index is 13.0. The van der Waals surface area contributed by atoms with Gasteiger partial charge in [-0.05, 0) is 42.9 Å². The third kappa shape index (κ3) is 2.82. The Hall–Kier alpha value is -2.36. The third-order valence-electron chi connectivity index (χ3n) is 6.67. The number of benzene rings is 1. The Kier molecular flexibility index (Phi) is 4.06. The fourth-order valence-electron chi connectivity index (χ4n) is 5.49. The van der Waals surface area contributed by atoms with E-state index in [1.54, 1.807) is 12.1 Å². The summed E-state index contributed by atoms with van der Waals surface area (Å²) >= 11 is 0. The maximum atomic E-state index is 13.0. The first-order valence-corrected chi connectivity index (χ1v) is 9.58. The molecule has 0 spiro atoms. The van der Waals surface area contributed by atoms with Crippen LogP contribution in [0.1, 0.15) is 40.5 Å². The molecule has 0 radical (unpaired) electrons. The van der Waals surface area contributed by atoms with Crippen LogP contribution in [0, 0.1) is 22.7 Å². The van der Waals surface area contributed by atoms with Crippen molar-refractivity contribution < 1.29 is 13.9 Å². The third-order valence-corrected chi connectivity index (χ3v) is 6.67. The fourth-order valence-corrected chi connectivity index (χ4v) is 5.49. The molecule has 1 saturated carbocycles. The Morgan fingerprint density at radius 1 is 1.15 bits per heavy atom. The first-order valence-electron chi connectivity index (χ1n) is 9.58. The van der Waals surface area contributed by atoms with E-state index < -0.39 is 0 Å². The van der Waals surface area contributed by atoms with E-state index in [-0.39, 0.29) is 28.3 Å². The summed E-state index contributed by atoms with van der Waals surface area (Å²) in [6.45, 7) is 9.16. The van der Waals surface area contributed by atoms with E-state index in [9.17, 15) is 9.59 Å². The molecule has 2 aliphatic rings. The van der Waals surface area contributed by atoms with Gasteiger partial charge in [-0.25, -0.2) is 4.79 Å². The monoisotopic (exact) mass is 366 g/mol. The lowest BCUT2D eigenvalue weighted by Crippen LogP contribution is -2.44. The molecule has 0 unspecified atom stereocenters. The van der Waals surface area contributed by atoms with E-state index in [2.05, 4.69) is 33.8 Å². The highest BCUT2D eigenvalue weighted by Gasteiger charge is 2.60. The molecule has 0 saturated heterocycles. The van der Waals surface area contributed by atoms with Crippen molar-refractivity contribution >= 4 is 16.8 Å². The van der Waals surface area contributed by atoms with Crippen molar-refractivity contribution in [2.75, 3.05) is 6.61 Å². The number of fused-ring (bicyclic) bond motifs is 2. The molecular weight excluding hydrogens is 340 g/mol. The molecule has 0 amide bonds. The van der Waals surface area contributed by atoms with Gasteiger partial charge in [-0.1, -0.05) is 32.4 Å². The van der Waals surface area contributed by atoms with Gasteiger partial charge in [-0.3, -0.25) is 4.79 Å². The molecular formula is C23H26O4. The van der Waals surface area contributed by atoms with E-state index >= 15 is 0 Å². The van der Waals surface area contributed by atoms with Crippen LogP contribution in [-0.2, 0) is 4.79 Å². The summed E-state index contributed by atoms with van der Waals surface area (Å²) < 4.78 is 11.3. The van der Waals surface area contributed by atoms with E-state index in [0.29, 0.717) is 30.1 Å². The summed E-state index contributed by atoms with van der Waals surface area (Å²) in [6, 6.07) is 8.67. The predicted octanol–water partition coefficient (Wildman–Crippen LogP) is 4.76. The summed E-state index contributed by atoms with van der Waals surface area (Å²) in [4.78, 5) is 24.4. The van der Waals surface area contributed by atoms with Crippen molar-refractivity contribution in [3.63, 3.8) is 0 Å². The largest absolute Gasteiger partial charge is 0.493 e. The van der Waals surface area contributed by atoms with E-state index in [1.165, 1.54) is 11.6 Å². The number of ether oxygens (including phenoxy) is 1. The van der Waals surface area contributed by atoms with Gasteiger partial charge in [-0.2, -0.15) is 0 Å². The zero-order valence-corrected chi connectivity index (χ0v) is 16.4. The summed E-state index contributed by atoms with van der Waals surface area (Å²) in [5, 5.41) is 0.859. The number of carbonyl (C=O) groups excluding carboxylic acids is 1. The second kappa shape index (κ2) is 6.08. The van der Waals surface area contributed by atoms with Gasteiger partial charge in [0.05, 0.1) is 6.61 Å². The van der Waals surface area contributed by atoms with Crippen LogP contribution < -0.4 is 10.4 Å². The first-order chi connectivity index (χ1) is 12.7. The van der Waals surface area contributed by atoms with Gasteiger partial charge in [0.2, 0.25) is 0 Å². The van der Waals surface area contributed by atoms with Gasteiger partial charge in [0.1, 0.15) is 17.1 Å². The van der Waals surface area contributed by atoms with Gasteiger partial charge >= 0.3 is 5.63 Å². The Morgan fingerprint density at radius 3 is 2.67 bits per heavy atom. The average Bonchev–Trinajstić information content (AvgIpc) is 2.79. The van der Waals surface area contributed by atoms with Crippen LogP contribution in [0.15, 0.2) is 51.2 Å². The van der Waals surface area contributed by atoms with Crippen LogP contribution in [0.5, 0.6) is 5.75 Å². The molecule has 2 aliphatic carbocycles. The minimum absolute atomic E-state index is 0.0164. The molecule has 2 aromatic rings. The van der Waals surface area contributed by atoms with Crippen LogP contribution in [-0.4, -0.2) is 12.4 Å². The van der Waals surface area contributed by atoms with E-state index in [1.807, 2.05) is 12.1 Å². The van der Waals surface area contributed by atoms with Gasteiger partial charge in [0.25, 0.3) is 0 Å². The highest BCUT2D eigenvalue weighted by atomic mass is 16.5. The molecule has 3 atom stereocenters. The lowest BCUT2D eigenvalue weighted by atomic mass is 9.58. The molecule has 0 N–H and O–H groups in total. The summed E-state index contributed by atoms with van der Waals surface area (Å²) in [6.07, 6.45) is 3.75. The van der Waals surface area contributed by atoms with Crippen LogP contribution in [0.2, 0.25) is 0 Å². The zero-order valence-electron chi connectivity index (χ0n) is 16.4. The molecule has 1 heterocycles. The molecule has 0 aliphatic heterocycles. The molecule has 4 rings (SSSR count). The minimum atomic E-state index is -0.383. The number of allylic oxidation sites excluding steroid dienone is 2. The zero-order chi connectivity index (χ0) is 19.4. The van der Waals surface area contributed by atoms with Gasteiger partial charge in [0, 0.05) is 35.3 Å². The van der Waals surface area contributed by atoms with Crippen molar-refractivity contribution in [3.8, 4) is 5.75 Å². The number of ketones is 1. The number of hydrogen-bond donors (Lipinski definition) is 0. The highest BCUT2D eigenvalue weighted by molar-refractivity contribution is 5.89. The Bertz CT molecular complexity index is 997. The van der Waals surface area contributed by atoms with Crippen molar-refractivity contribution in [1.82, 2.24) is 0 Å². The molecule has 4 heteroatoms. The van der Waals surface area contributed by atoms with Crippen LogP contribution in [0.3, 0.4) is 0 Å². The van der Waals surface area contributed by atoms with Gasteiger partial charge in [-0.15, -0.1) is 0 Å². The number of hydrogen-bond acceptors (Lipinski definition) is 4. The second-order valence-corrected chi connectivity index (χ2v) is 8.95. The number of rotatable bonds is 3. The highest BCUT2D eigenvalue weighted by Crippen LogP contribution is 2.60. The van der Waals surface area contributed by atoms with Crippen molar-refractivity contribution in [2.24, 2.45) is 22.7 Å². The molecule has 1 aromatic heterocycles. The van der Waals surface area contributed by atoms with Crippen LogP contribution >= 0.6 is 0 Å². The predicted molar refractivity (Wildman–Crippen MR) is 105 cm³/mol. The number of carbonyl (C=O) groups is 1. The normalized spacial score (nSPS) is 29.5. The smallest absolute Gasteiger partial charge is 0.336 e. The fraction of sp³-hybridized carbons (Fsp3) is 0.478. The number of Topliss-reactive ketones (excluding diaryl/α,β-unsaturated/α-hetero) is 1. The molecule has 142 valence electrons. The maximum Gasteiger partial charge on any atom is 0.336 e. The summed E-state index contributed by atoms with van der Waals surface area (Å²) in [5.74, 6) is 1.41. The van der Waals surface area contributed by atoms with Gasteiger partial charge < -0.3 is 9.15 Å². The van der Waals surface area contributed by atoms with Gasteiger partial charge in [0.15, 0.2) is 0 Å². The summed E-state index contributed by atoms with van der Waals surface area (Å²) in [7, 11) is 0. The molecule has 0 bridgehead atoms. The molecule has 27 heavy (non-hydrogen) atoms. The minimum Gasteiger partial charge on any atom is -0.493 e. The first kappa shape index (κ1) is 18.0. The summed E-state index contributed by atoms with van der Waals surface area (Å²) in [5.41, 5.74) is 1.07. The van der Waals surface area contributed by atoms with Crippen LogP contribution in [0.4, 0.5) is 0 Å². The average molecular weight is 366 g/mol. The van der Waals surface area contributed by atoms with E-state index in [4.69, 9.17) is 9.15 Å². The molecule has 1 fully saturated rings. The quantitative estimate of drug-likeness (QED) is 0.580. The Morgan fingerprint density at radius 2 is 1.89 bits per heavy atom. The standard InChI is InChI=1S/C23H26O4/c1-14-5-8-16(23(4)19(24)12-22(2,3)21(14)23)13-26-17-9-6-15-7-10-20(25)27-18(15)11-17/h5-7,9-11,16,21H,8,12-13H2,1-4H3/t16-,21-,23+/m0/s1. The van der Waals surface area contributed by atoms with Crippen LogP contribution in [0.25, 0.3) is 11.0 Å².